The zero-order valence-corrected chi connectivity index (χ0v) is 22.5. The molecule has 7 heteroatoms. The van der Waals surface area contributed by atoms with Gasteiger partial charge in [-0.05, 0) is 63.9 Å². The van der Waals surface area contributed by atoms with E-state index in [1.807, 2.05) is 49.4 Å². The summed E-state index contributed by atoms with van der Waals surface area (Å²) in [5.41, 5.74) is 4.54. The van der Waals surface area contributed by atoms with Gasteiger partial charge in [0.25, 0.3) is 10.1 Å². The SMILES string of the molecule is CCc1ccc(-c2c3ccc(=[N+](CC)CC)cc-3oc3cc(N(CC)CC)ccc23)c(S(=O)(=O)O)c1. The highest BCUT2D eigenvalue weighted by Crippen LogP contribution is 2.43. The van der Waals surface area contributed by atoms with Crippen molar-refractivity contribution >= 4 is 26.8 Å². The molecule has 0 radical (unpaired) electrons. The Bertz CT molecular complexity index is 1540. The van der Waals surface area contributed by atoms with Gasteiger partial charge >= 0.3 is 0 Å². The average molecular weight is 508 g/mol. The van der Waals surface area contributed by atoms with Crippen molar-refractivity contribution in [3.8, 4) is 22.5 Å². The molecule has 0 bridgehead atoms. The van der Waals surface area contributed by atoms with Crippen molar-refractivity contribution in [1.82, 2.24) is 4.58 Å². The third kappa shape index (κ3) is 4.77. The summed E-state index contributed by atoms with van der Waals surface area (Å²) >= 11 is 0. The molecule has 0 spiro atoms. The molecule has 190 valence electrons. The van der Waals surface area contributed by atoms with Crippen molar-refractivity contribution in [3.63, 3.8) is 0 Å². The van der Waals surface area contributed by atoms with Crippen molar-refractivity contribution in [3.05, 3.63) is 65.5 Å². The first-order chi connectivity index (χ1) is 17.2. The molecular formula is C29H35N2O4S+. The fourth-order valence-electron chi connectivity index (χ4n) is 4.94. The smallest absolute Gasteiger partial charge is 0.295 e. The van der Waals surface area contributed by atoms with E-state index >= 15 is 0 Å². The molecule has 0 unspecified atom stereocenters. The molecule has 2 aliphatic rings. The van der Waals surface area contributed by atoms with Crippen LogP contribution in [-0.2, 0) is 16.5 Å². The second kappa shape index (κ2) is 10.4. The van der Waals surface area contributed by atoms with Crippen LogP contribution in [0.15, 0.2) is 63.9 Å². The Labute approximate surface area is 213 Å². The van der Waals surface area contributed by atoms with Crippen molar-refractivity contribution in [2.75, 3.05) is 31.1 Å². The van der Waals surface area contributed by atoms with Crippen LogP contribution >= 0.6 is 0 Å². The molecule has 6 nitrogen and oxygen atoms in total. The van der Waals surface area contributed by atoms with Gasteiger partial charge in [-0.25, -0.2) is 4.58 Å². The Morgan fingerprint density at radius 2 is 1.56 bits per heavy atom. The van der Waals surface area contributed by atoms with Gasteiger partial charge in [0.1, 0.15) is 29.3 Å². The maximum atomic E-state index is 12.5. The van der Waals surface area contributed by atoms with Crippen LogP contribution < -0.4 is 14.8 Å². The van der Waals surface area contributed by atoms with Gasteiger partial charge < -0.3 is 9.32 Å². The van der Waals surface area contributed by atoms with E-state index in [0.717, 1.165) is 59.3 Å². The van der Waals surface area contributed by atoms with Crippen LogP contribution in [0.5, 0.6) is 0 Å². The van der Waals surface area contributed by atoms with E-state index in [2.05, 4.69) is 37.2 Å². The first-order valence-corrected chi connectivity index (χ1v) is 14.1. The highest BCUT2D eigenvalue weighted by atomic mass is 32.2. The molecule has 1 N–H and O–H groups in total. The number of nitrogens with zero attached hydrogens (tertiary/aromatic N) is 2. The predicted molar refractivity (Wildman–Crippen MR) is 147 cm³/mol. The highest BCUT2D eigenvalue weighted by Gasteiger charge is 2.25. The van der Waals surface area contributed by atoms with E-state index < -0.39 is 10.1 Å². The summed E-state index contributed by atoms with van der Waals surface area (Å²) in [4.78, 5) is 2.15. The van der Waals surface area contributed by atoms with Gasteiger partial charge in [-0.3, -0.25) is 4.55 Å². The quantitative estimate of drug-likeness (QED) is 0.189. The Kier molecular flexibility index (Phi) is 7.52. The summed E-state index contributed by atoms with van der Waals surface area (Å²) < 4.78 is 44.0. The molecule has 0 amide bonds. The van der Waals surface area contributed by atoms with Crippen molar-refractivity contribution in [2.24, 2.45) is 0 Å². The number of rotatable bonds is 8. The molecule has 0 fully saturated rings. The molecule has 1 heterocycles. The van der Waals surface area contributed by atoms with E-state index in [1.54, 1.807) is 12.1 Å². The van der Waals surface area contributed by atoms with Crippen molar-refractivity contribution in [2.45, 2.75) is 45.9 Å². The Morgan fingerprint density at radius 3 is 2.17 bits per heavy atom. The summed E-state index contributed by atoms with van der Waals surface area (Å²) in [6.07, 6.45) is 0.662. The summed E-state index contributed by atoms with van der Waals surface area (Å²) in [6, 6.07) is 17.4. The third-order valence-electron chi connectivity index (χ3n) is 6.95. The zero-order chi connectivity index (χ0) is 26.0. The van der Waals surface area contributed by atoms with Gasteiger partial charge in [-0.1, -0.05) is 19.1 Å². The van der Waals surface area contributed by atoms with Gasteiger partial charge in [-0.2, -0.15) is 8.42 Å². The Morgan fingerprint density at radius 1 is 0.861 bits per heavy atom. The van der Waals surface area contributed by atoms with E-state index in [0.29, 0.717) is 23.3 Å². The molecule has 36 heavy (non-hydrogen) atoms. The first kappa shape index (κ1) is 25.9. The van der Waals surface area contributed by atoms with E-state index in [4.69, 9.17) is 4.42 Å². The number of benzene rings is 3. The number of anilines is 1. The molecule has 1 aliphatic heterocycles. The minimum absolute atomic E-state index is 0.0868. The third-order valence-corrected chi connectivity index (χ3v) is 7.84. The average Bonchev–Trinajstić information content (AvgIpc) is 2.87. The number of hydrogen-bond acceptors (Lipinski definition) is 4. The lowest BCUT2D eigenvalue weighted by molar-refractivity contribution is 0.483. The van der Waals surface area contributed by atoms with Crippen LogP contribution in [0.25, 0.3) is 33.4 Å². The van der Waals surface area contributed by atoms with Crippen LogP contribution in [0.4, 0.5) is 5.69 Å². The molecule has 2 aromatic rings. The first-order valence-electron chi connectivity index (χ1n) is 12.7. The van der Waals surface area contributed by atoms with Gasteiger partial charge in [0.2, 0.25) is 5.36 Å². The Hall–Kier alpha value is -3.16. The monoisotopic (exact) mass is 507 g/mol. The fraction of sp³-hybridized carbons (Fsp3) is 0.345. The lowest BCUT2D eigenvalue weighted by Crippen LogP contribution is -2.29. The van der Waals surface area contributed by atoms with Crippen molar-refractivity contribution in [1.29, 1.82) is 0 Å². The standard InChI is InChI=1S/C29H34N2O4S/c1-6-20-11-14-25(28(17-20)36(32,33)34)29-23-15-12-21(30(7-2)8-3)18-26(23)35-27-19-22(13-16-24(27)29)31(9-4)10-5/h11-19H,6-10H2,1-5H3/p+1. The number of hydrogen-bond donors (Lipinski definition) is 1. The van der Waals surface area contributed by atoms with Gasteiger partial charge in [0.05, 0.1) is 6.07 Å². The van der Waals surface area contributed by atoms with Gasteiger partial charge in [0, 0.05) is 53.0 Å². The van der Waals surface area contributed by atoms with Gasteiger partial charge in [0.15, 0.2) is 0 Å². The topological polar surface area (TPSA) is 73.8 Å². The molecular weight excluding hydrogens is 472 g/mol. The van der Waals surface area contributed by atoms with Gasteiger partial charge in [-0.15, -0.1) is 0 Å². The Balaban J connectivity index is 2.17. The largest absolute Gasteiger partial charge is 0.456 e. The fourth-order valence-corrected chi connectivity index (χ4v) is 5.68. The minimum Gasteiger partial charge on any atom is -0.456 e. The van der Waals surface area contributed by atoms with Crippen LogP contribution in [-0.4, -0.2) is 39.1 Å². The number of fused-ring (bicyclic) bond motifs is 2. The second-order valence-corrected chi connectivity index (χ2v) is 10.2. The molecule has 0 saturated carbocycles. The maximum absolute atomic E-state index is 12.5. The van der Waals surface area contributed by atoms with Crippen LogP contribution in [0.2, 0.25) is 0 Å². The molecule has 4 rings (SSSR count). The van der Waals surface area contributed by atoms with Crippen LogP contribution in [0.1, 0.15) is 40.2 Å². The van der Waals surface area contributed by atoms with E-state index in [-0.39, 0.29) is 4.90 Å². The van der Waals surface area contributed by atoms with E-state index in [9.17, 15) is 13.0 Å². The van der Waals surface area contributed by atoms with Crippen LogP contribution in [0, 0.1) is 0 Å². The predicted octanol–water partition coefficient (Wildman–Crippen LogP) is 5.67. The zero-order valence-electron chi connectivity index (χ0n) is 21.7. The van der Waals surface area contributed by atoms with Crippen LogP contribution in [0.3, 0.4) is 0 Å². The normalized spacial score (nSPS) is 11.8. The molecule has 2 aromatic carbocycles. The summed E-state index contributed by atoms with van der Waals surface area (Å²) in [5, 5.41) is 1.83. The van der Waals surface area contributed by atoms with Crippen molar-refractivity contribution < 1.29 is 17.4 Å². The lowest BCUT2D eigenvalue weighted by Gasteiger charge is -2.22. The molecule has 0 atom stereocenters. The lowest BCUT2D eigenvalue weighted by atomic mass is 9.92. The molecule has 1 aliphatic carbocycles. The minimum atomic E-state index is -4.46. The summed E-state index contributed by atoms with van der Waals surface area (Å²) in [5.74, 6) is 0.666. The summed E-state index contributed by atoms with van der Waals surface area (Å²) in [7, 11) is -4.46. The molecule has 0 saturated heterocycles. The van der Waals surface area contributed by atoms with E-state index in [1.165, 1.54) is 0 Å². The highest BCUT2D eigenvalue weighted by molar-refractivity contribution is 7.86. The maximum Gasteiger partial charge on any atom is 0.295 e. The summed E-state index contributed by atoms with van der Waals surface area (Å²) in [6.45, 7) is 13.8. The number of aryl methyl sites for hydroxylation is 1. The molecule has 0 aromatic heterocycles. The second-order valence-electron chi connectivity index (χ2n) is 8.84.